The number of aromatic nitrogens is 1. The van der Waals surface area contributed by atoms with Crippen LogP contribution in [0.25, 0.3) is 10.2 Å². The second kappa shape index (κ2) is 7.25. The Morgan fingerprint density at radius 2 is 1.92 bits per heavy atom. The van der Waals surface area contributed by atoms with Crippen LogP contribution in [0, 0.1) is 0 Å². The molecule has 1 saturated heterocycles. The molecule has 1 aromatic heterocycles. The third kappa shape index (κ3) is 4.26. The van der Waals surface area contributed by atoms with E-state index in [4.69, 9.17) is 0 Å². The predicted molar refractivity (Wildman–Crippen MR) is 102 cm³/mol. The van der Waals surface area contributed by atoms with Crippen molar-refractivity contribution < 1.29 is 8.42 Å². The van der Waals surface area contributed by atoms with E-state index in [2.05, 4.69) is 35.8 Å². The lowest BCUT2D eigenvalue weighted by Gasteiger charge is -2.23. The van der Waals surface area contributed by atoms with Gasteiger partial charge in [0.05, 0.1) is 20.1 Å². The maximum atomic E-state index is 12.6. The number of hydrogen-bond donors (Lipinski definition) is 2. The summed E-state index contributed by atoms with van der Waals surface area (Å²) in [6, 6.07) is 5.21. The molecule has 0 unspecified atom stereocenters. The minimum absolute atomic E-state index is 0. The molecule has 1 aliphatic rings. The molecule has 2 aromatic rings. The number of nitrogens with zero attached hydrogens (tertiary/aromatic N) is 1. The minimum Gasteiger partial charge on any atom is -0.317 e. The molecule has 0 saturated carbocycles. The topological polar surface area (TPSA) is 71.1 Å². The molecule has 134 valence electrons. The van der Waals surface area contributed by atoms with Crippen LogP contribution in [0.1, 0.15) is 38.6 Å². The zero-order valence-electron chi connectivity index (χ0n) is 14.1. The van der Waals surface area contributed by atoms with Crippen molar-refractivity contribution in [1.29, 1.82) is 0 Å². The Hall–Kier alpha value is -0.730. The molecule has 5 nitrogen and oxygen atoms in total. The van der Waals surface area contributed by atoms with Gasteiger partial charge in [-0.05, 0) is 44.1 Å². The monoisotopic (exact) mass is 389 g/mol. The van der Waals surface area contributed by atoms with Gasteiger partial charge in [-0.15, -0.1) is 23.7 Å². The fraction of sp³-hybridized carbons (Fsp3) is 0.562. The predicted octanol–water partition coefficient (Wildman–Crippen LogP) is 3.05. The van der Waals surface area contributed by atoms with Crippen molar-refractivity contribution >= 4 is 44.0 Å². The molecule has 2 heterocycles. The van der Waals surface area contributed by atoms with Crippen LogP contribution in [0.2, 0.25) is 0 Å². The lowest BCUT2D eigenvalue weighted by atomic mass is 9.98. The molecule has 24 heavy (non-hydrogen) atoms. The van der Waals surface area contributed by atoms with E-state index in [1.54, 1.807) is 29.5 Å². The van der Waals surface area contributed by atoms with E-state index in [9.17, 15) is 8.42 Å². The Labute approximate surface area is 153 Å². The van der Waals surface area contributed by atoms with Crippen LogP contribution in [0.3, 0.4) is 0 Å². The quantitative estimate of drug-likeness (QED) is 0.846. The van der Waals surface area contributed by atoms with Crippen molar-refractivity contribution in [3.8, 4) is 0 Å². The number of piperidine rings is 1. The number of benzene rings is 1. The molecule has 0 spiro atoms. The summed E-state index contributed by atoms with van der Waals surface area (Å²) in [7, 11) is -3.48. The summed E-state index contributed by atoms with van der Waals surface area (Å²) in [5.41, 5.74) is 0.830. The molecule has 0 radical (unpaired) electrons. The van der Waals surface area contributed by atoms with Gasteiger partial charge in [-0.2, -0.15) is 0 Å². The van der Waals surface area contributed by atoms with E-state index in [-0.39, 0.29) is 23.9 Å². The Morgan fingerprint density at radius 1 is 1.25 bits per heavy atom. The van der Waals surface area contributed by atoms with Crippen LogP contribution in [0.15, 0.2) is 23.1 Å². The Balaban J connectivity index is 0.00000208. The minimum atomic E-state index is -3.48. The Morgan fingerprint density at radius 3 is 2.54 bits per heavy atom. The molecule has 0 aliphatic carbocycles. The van der Waals surface area contributed by atoms with Crippen molar-refractivity contribution in [3.05, 3.63) is 23.2 Å². The van der Waals surface area contributed by atoms with Crippen molar-refractivity contribution in [2.75, 3.05) is 13.1 Å². The van der Waals surface area contributed by atoms with E-state index >= 15 is 0 Å². The molecule has 3 rings (SSSR count). The summed E-state index contributed by atoms with van der Waals surface area (Å²) in [4.78, 5) is 4.94. The van der Waals surface area contributed by atoms with Crippen molar-refractivity contribution in [2.24, 2.45) is 0 Å². The molecule has 8 heteroatoms. The average molecular weight is 390 g/mol. The van der Waals surface area contributed by atoms with Crippen LogP contribution in [-0.4, -0.2) is 32.5 Å². The van der Waals surface area contributed by atoms with Gasteiger partial charge >= 0.3 is 0 Å². The van der Waals surface area contributed by atoms with Crippen molar-refractivity contribution in [2.45, 2.75) is 50.0 Å². The molecule has 1 fully saturated rings. The summed E-state index contributed by atoms with van der Waals surface area (Å²) < 4.78 is 29.0. The van der Waals surface area contributed by atoms with Gasteiger partial charge in [0.15, 0.2) is 0 Å². The number of thiazole rings is 1. The molecule has 1 aliphatic heterocycles. The smallest absolute Gasteiger partial charge is 0.240 e. The van der Waals surface area contributed by atoms with Crippen LogP contribution in [0.5, 0.6) is 0 Å². The molecular weight excluding hydrogens is 366 g/mol. The second-order valence-corrected chi connectivity index (χ2v) is 9.79. The number of rotatable bonds is 3. The SMILES string of the molecule is CC(C)(C)c1nc2ccc(S(=O)(=O)NC3CCNCC3)cc2s1.Cl. The first-order chi connectivity index (χ1) is 10.8. The van der Waals surface area contributed by atoms with Crippen molar-refractivity contribution in [3.63, 3.8) is 0 Å². The highest BCUT2D eigenvalue weighted by Crippen LogP contribution is 2.32. The highest BCUT2D eigenvalue weighted by atomic mass is 35.5. The molecule has 2 N–H and O–H groups in total. The van der Waals surface area contributed by atoms with E-state index in [1.165, 1.54) is 0 Å². The molecule has 0 amide bonds. The third-order valence-corrected chi connectivity index (χ3v) is 6.93. The van der Waals surface area contributed by atoms with Gasteiger partial charge in [0.1, 0.15) is 0 Å². The summed E-state index contributed by atoms with van der Waals surface area (Å²) in [6.45, 7) is 8.05. The van der Waals surface area contributed by atoms with Gasteiger partial charge in [0.25, 0.3) is 0 Å². The van der Waals surface area contributed by atoms with E-state index < -0.39 is 10.0 Å². The zero-order chi connectivity index (χ0) is 16.7. The highest BCUT2D eigenvalue weighted by Gasteiger charge is 2.23. The number of nitrogens with one attached hydrogen (secondary N) is 2. The Bertz CT molecular complexity index is 806. The Kier molecular flexibility index (Phi) is 5.92. The third-order valence-electron chi connectivity index (χ3n) is 3.97. The molecule has 1 aromatic carbocycles. The van der Waals surface area contributed by atoms with Gasteiger partial charge in [-0.1, -0.05) is 20.8 Å². The van der Waals surface area contributed by atoms with Crippen LogP contribution < -0.4 is 10.0 Å². The second-order valence-electron chi connectivity index (χ2n) is 7.04. The van der Waals surface area contributed by atoms with E-state index in [0.717, 1.165) is 41.2 Å². The molecule has 0 atom stereocenters. The van der Waals surface area contributed by atoms with Gasteiger partial charge in [-0.25, -0.2) is 18.1 Å². The van der Waals surface area contributed by atoms with Gasteiger partial charge in [-0.3, -0.25) is 0 Å². The molecule has 0 bridgehead atoms. The first-order valence-electron chi connectivity index (χ1n) is 7.90. The summed E-state index contributed by atoms with van der Waals surface area (Å²) in [5, 5.41) is 4.26. The summed E-state index contributed by atoms with van der Waals surface area (Å²) in [6.07, 6.45) is 1.66. The summed E-state index contributed by atoms with van der Waals surface area (Å²) in [5.74, 6) is 0. The largest absolute Gasteiger partial charge is 0.317 e. The van der Waals surface area contributed by atoms with Gasteiger partial charge in [0.2, 0.25) is 10.0 Å². The first-order valence-corrected chi connectivity index (χ1v) is 10.2. The zero-order valence-corrected chi connectivity index (χ0v) is 16.6. The number of fused-ring (bicyclic) bond motifs is 1. The van der Waals surface area contributed by atoms with Gasteiger partial charge < -0.3 is 5.32 Å². The highest BCUT2D eigenvalue weighted by molar-refractivity contribution is 7.89. The fourth-order valence-electron chi connectivity index (χ4n) is 2.62. The van der Waals surface area contributed by atoms with Crippen molar-refractivity contribution in [1.82, 2.24) is 15.0 Å². The number of halogens is 1. The lowest BCUT2D eigenvalue weighted by molar-refractivity contribution is 0.427. The maximum absolute atomic E-state index is 12.6. The molecular formula is C16H24ClN3O2S2. The van der Waals surface area contributed by atoms with Crippen LogP contribution in [0.4, 0.5) is 0 Å². The standard InChI is InChI=1S/C16H23N3O2S2.ClH/c1-16(2,3)15-18-13-5-4-12(10-14(13)22-15)23(20,21)19-11-6-8-17-9-7-11;/h4-5,10-11,17,19H,6-9H2,1-3H3;1H. The summed E-state index contributed by atoms with van der Waals surface area (Å²) >= 11 is 1.57. The normalized spacial score (nSPS) is 17.0. The number of sulfonamides is 1. The maximum Gasteiger partial charge on any atom is 0.240 e. The van der Waals surface area contributed by atoms with E-state index in [0.29, 0.717) is 4.90 Å². The van der Waals surface area contributed by atoms with E-state index in [1.807, 2.05) is 0 Å². The van der Waals surface area contributed by atoms with Crippen LogP contribution >= 0.6 is 23.7 Å². The van der Waals surface area contributed by atoms with Gasteiger partial charge in [0, 0.05) is 11.5 Å². The number of hydrogen-bond acceptors (Lipinski definition) is 5. The fourth-order valence-corrected chi connectivity index (χ4v) is 5.09. The van der Waals surface area contributed by atoms with Crippen LogP contribution in [-0.2, 0) is 15.4 Å². The lowest BCUT2D eigenvalue weighted by Crippen LogP contribution is -2.42. The first kappa shape index (κ1) is 19.6. The average Bonchev–Trinajstić information content (AvgIpc) is 2.91.